The quantitative estimate of drug-likeness (QED) is 0.270. The predicted molar refractivity (Wildman–Crippen MR) is 144 cm³/mol. The van der Waals surface area contributed by atoms with Crippen LogP contribution in [-0.2, 0) is 0 Å². The Morgan fingerprint density at radius 3 is 1.53 bits per heavy atom. The van der Waals surface area contributed by atoms with Crippen molar-refractivity contribution in [3.05, 3.63) is 67.3 Å². The number of amides is 2. The number of rotatable bonds is 2. The van der Waals surface area contributed by atoms with E-state index in [9.17, 15) is 9.59 Å². The van der Waals surface area contributed by atoms with Crippen LogP contribution >= 0.6 is 45.9 Å². The van der Waals surface area contributed by atoms with E-state index in [-0.39, 0.29) is 23.9 Å². The van der Waals surface area contributed by atoms with Gasteiger partial charge in [-0.25, -0.2) is 0 Å². The fourth-order valence-electron chi connectivity index (χ4n) is 4.57. The molecule has 176 valence electrons. The van der Waals surface area contributed by atoms with Gasteiger partial charge in [0.15, 0.2) is 0 Å². The Kier molecular flexibility index (Phi) is 6.13. The maximum Gasteiger partial charge on any atom is 0.265 e. The smallest absolute Gasteiger partial charge is 0.265 e. The van der Waals surface area contributed by atoms with E-state index < -0.39 is 0 Å². The molecule has 0 saturated carbocycles. The van der Waals surface area contributed by atoms with Crippen molar-refractivity contribution in [3.63, 3.8) is 0 Å². The van der Waals surface area contributed by atoms with Gasteiger partial charge in [0.2, 0.25) is 0 Å². The normalized spacial score (nSPS) is 18.8. The van der Waals surface area contributed by atoms with Gasteiger partial charge in [-0.05, 0) is 51.0 Å². The number of carbonyl (C=O) groups is 2. The predicted octanol–water partition coefficient (Wildman–Crippen LogP) is 7.41. The van der Waals surface area contributed by atoms with Crippen molar-refractivity contribution in [2.24, 2.45) is 0 Å². The first kappa shape index (κ1) is 23.6. The van der Waals surface area contributed by atoms with Gasteiger partial charge < -0.3 is 9.80 Å². The van der Waals surface area contributed by atoms with E-state index in [0.29, 0.717) is 32.9 Å². The molecule has 5 rings (SSSR count). The Hall–Kier alpha value is -2.12. The molecule has 2 amide bonds. The molecular weight excluding hydrogens is 507 g/mol. The van der Waals surface area contributed by atoms with Gasteiger partial charge >= 0.3 is 0 Å². The van der Waals surface area contributed by atoms with Crippen LogP contribution in [0.4, 0.5) is 0 Å². The van der Waals surface area contributed by atoms with Crippen LogP contribution in [0.1, 0.15) is 44.3 Å². The summed E-state index contributed by atoms with van der Waals surface area (Å²) in [5.41, 5.74) is 2.27. The van der Waals surface area contributed by atoms with Gasteiger partial charge in [0, 0.05) is 45.3 Å². The molecule has 0 radical (unpaired) electrons. The number of halogens is 2. The van der Waals surface area contributed by atoms with E-state index in [1.54, 1.807) is 0 Å². The Balaban J connectivity index is 1.40. The highest BCUT2D eigenvalue weighted by molar-refractivity contribution is 7.22. The zero-order chi connectivity index (χ0) is 24.3. The molecule has 0 spiro atoms. The van der Waals surface area contributed by atoms with Crippen LogP contribution in [0, 0.1) is 13.8 Å². The molecule has 1 aliphatic rings. The third kappa shape index (κ3) is 3.91. The van der Waals surface area contributed by atoms with E-state index in [0.717, 1.165) is 31.3 Å². The lowest BCUT2D eigenvalue weighted by molar-refractivity contribution is 0.0275. The number of thiophene rings is 2. The maximum atomic E-state index is 13.5. The van der Waals surface area contributed by atoms with Gasteiger partial charge in [0.25, 0.3) is 11.8 Å². The zero-order valence-corrected chi connectivity index (χ0v) is 22.5. The molecule has 1 aliphatic heterocycles. The van der Waals surface area contributed by atoms with Gasteiger partial charge in [-0.2, -0.15) is 0 Å². The summed E-state index contributed by atoms with van der Waals surface area (Å²) in [4.78, 5) is 31.8. The minimum absolute atomic E-state index is 0.0781. The standard InChI is InChI=1S/C26H24Cl2N2O2S2/c1-13-5-7-17-19(9-13)33-23(21(17)27)25(31)29-11-16(4)30(12-15(29)3)26(32)24-22(28)18-8-6-14(2)10-20(18)34-24/h5-10,15-16H,11-12H2,1-4H3/t15-,16+. The average Bonchev–Trinajstić information content (AvgIpc) is 3.30. The van der Waals surface area contributed by atoms with Crippen molar-refractivity contribution in [1.29, 1.82) is 0 Å². The molecule has 34 heavy (non-hydrogen) atoms. The molecule has 4 nitrogen and oxygen atoms in total. The second kappa shape index (κ2) is 8.83. The summed E-state index contributed by atoms with van der Waals surface area (Å²) in [5.74, 6) is -0.156. The maximum absolute atomic E-state index is 13.5. The summed E-state index contributed by atoms with van der Waals surface area (Å²) in [7, 11) is 0. The van der Waals surface area contributed by atoms with Crippen LogP contribution in [-0.4, -0.2) is 46.8 Å². The molecule has 3 heterocycles. The highest BCUT2D eigenvalue weighted by Gasteiger charge is 2.37. The first-order valence-corrected chi connectivity index (χ1v) is 13.5. The molecule has 2 aromatic carbocycles. The highest BCUT2D eigenvalue weighted by atomic mass is 35.5. The van der Waals surface area contributed by atoms with Gasteiger partial charge in [-0.1, -0.05) is 47.5 Å². The van der Waals surface area contributed by atoms with Gasteiger partial charge in [0.05, 0.1) is 10.0 Å². The van der Waals surface area contributed by atoms with Crippen LogP contribution in [0.15, 0.2) is 36.4 Å². The summed E-state index contributed by atoms with van der Waals surface area (Å²) in [6.07, 6.45) is 0. The molecule has 0 bridgehead atoms. The Labute approximate surface area is 216 Å². The molecule has 1 saturated heterocycles. The molecule has 0 aliphatic carbocycles. The van der Waals surface area contributed by atoms with E-state index in [4.69, 9.17) is 23.2 Å². The van der Waals surface area contributed by atoms with Crippen LogP contribution < -0.4 is 0 Å². The van der Waals surface area contributed by atoms with E-state index in [2.05, 4.69) is 12.1 Å². The summed E-state index contributed by atoms with van der Waals surface area (Å²) in [5, 5.41) is 2.83. The van der Waals surface area contributed by atoms with Crippen LogP contribution in [0.3, 0.4) is 0 Å². The molecule has 1 fully saturated rings. The number of nitrogens with zero attached hydrogens (tertiary/aromatic N) is 2. The van der Waals surface area contributed by atoms with Crippen molar-refractivity contribution in [3.8, 4) is 0 Å². The molecule has 4 aromatic rings. The second-order valence-corrected chi connectivity index (χ2v) is 12.0. The molecule has 0 unspecified atom stereocenters. The Morgan fingerprint density at radius 2 is 1.15 bits per heavy atom. The number of piperazine rings is 1. The Morgan fingerprint density at radius 1 is 0.765 bits per heavy atom. The molecular formula is C26H24Cl2N2O2S2. The average molecular weight is 532 g/mol. The zero-order valence-electron chi connectivity index (χ0n) is 19.3. The summed E-state index contributed by atoms with van der Waals surface area (Å²) in [6.45, 7) is 8.89. The van der Waals surface area contributed by atoms with Crippen LogP contribution in [0.25, 0.3) is 20.2 Å². The van der Waals surface area contributed by atoms with Crippen molar-refractivity contribution in [1.82, 2.24) is 9.80 Å². The van der Waals surface area contributed by atoms with Crippen molar-refractivity contribution in [2.45, 2.75) is 39.8 Å². The van der Waals surface area contributed by atoms with E-state index in [1.807, 2.05) is 61.8 Å². The van der Waals surface area contributed by atoms with Crippen molar-refractivity contribution in [2.75, 3.05) is 13.1 Å². The van der Waals surface area contributed by atoms with Gasteiger partial charge in [-0.3, -0.25) is 9.59 Å². The van der Waals surface area contributed by atoms with Crippen LogP contribution in [0.5, 0.6) is 0 Å². The van der Waals surface area contributed by atoms with Crippen molar-refractivity contribution < 1.29 is 9.59 Å². The number of carbonyl (C=O) groups excluding carboxylic acids is 2. The number of hydrogen-bond acceptors (Lipinski definition) is 4. The first-order valence-electron chi connectivity index (χ1n) is 11.1. The van der Waals surface area contributed by atoms with E-state index in [1.165, 1.54) is 22.7 Å². The molecule has 8 heteroatoms. The lowest BCUT2D eigenvalue weighted by Crippen LogP contribution is -2.59. The fraction of sp³-hybridized carbons (Fsp3) is 0.308. The summed E-state index contributed by atoms with van der Waals surface area (Å²) in [6, 6.07) is 11.8. The number of hydrogen-bond donors (Lipinski definition) is 0. The topological polar surface area (TPSA) is 40.6 Å². The molecule has 0 N–H and O–H groups in total. The minimum atomic E-state index is -0.147. The molecule has 2 atom stereocenters. The monoisotopic (exact) mass is 530 g/mol. The minimum Gasteiger partial charge on any atom is -0.331 e. The van der Waals surface area contributed by atoms with Crippen molar-refractivity contribution >= 4 is 77.9 Å². The largest absolute Gasteiger partial charge is 0.331 e. The fourth-order valence-corrected chi connectivity index (χ4v) is 7.71. The highest BCUT2D eigenvalue weighted by Crippen LogP contribution is 2.39. The first-order chi connectivity index (χ1) is 16.2. The number of aryl methyl sites for hydroxylation is 2. The third-order valence-corrected chi connectivity index (χ3v) is 9.76. The van der Waals surface area contributed by atoms with Gasteiger partial charge in [0.1, 0.15) is 9.75 Å². The molecule has 2 aromatic heterocycles. The lowest BCUT2D eigenvalue weighted by Gasteiger charge is -2.44. The number of benzene rings is 2. The van der Waals surface area contributed by atoms with E-state index >= 15 is 0 Å². The number of fused-ring (bicyclic) bond motifs is 2. The third-order valence-electron chi connectivity index (χ3n) is 6.47. The van der Waals surface area contributed by atoms with Gasteiger partial charge in [-0.15, -0.1) is 22.7 Å². The second-order valence-electron chi connectivity index (χ2n) is 9.10. The Bertz CT molecular complexity index is 1350. The SMILES string of the molecule is Cc1ccc2c(Cl)c(C(=O)N3C[C@H](C)N(C(=O)c4sc5cc(C)ccc5c4Cl)C[C@H]3C)sc2c1. The van der Waals surface area contributed by atoms with Crippen LogP contribution in [0.2, 0.25) is 10.0 Å². The summed E-state index contributed by atoms with van der Waals surface area (Å²) < 4.78 is 2.02. The summed E-state index contributed by atoms with van der Waals surface area (Å²) >= 11 is 16.1. The lowest BCUT2D eigenvalue weighted by atomic mass is 10.1.